The third kappa shape index (κ3) is 5.23. The maximum Gasteiger partial charge on any atom is 0.174 e. The second kappa shape index (κ2) is 11.0. The fourth-order valence-corrected chi connectivity index (χ4v) is 6.33. The number of furan rings is 1. The molecule has 2 fully saturated rings. The molecule has 2 aromatic carbocycles. The summed E-state index contributed by atoms with van der Waals surface area (Å²) in [5, 5.41) is 5.74. The predicted molar refractivity (Wildman–Crippen MR) is 164 cm³/mol. The Hall–Kier alpha value is -2.77. The minimum Gasteiger partial charge on any atom is -0.459 e. The van der Waals surface area contributed by atoms with Gasteiger partial charge in [0, 0.05) is 30.5 Å². The number of rotatable bonds is 5. The lowest BCUT2D eigenvalue weighted by atomic mass is 9.98. The Balaban J connectivity index is 1.38. The van der Waals surface area contributed by atoms with Crippen molar-refractivity contribution in [2.24, 2.45) is 5.92 Å². The van der Waals surface area contributed by atoms with Gasteiger partial charge in [-0.25, -0.2) is 0 Å². The fraction of sp³-hybridized carbons (Fsp3) is 0.267. The maximum atomic E-state index is 6.89. The summed E-state index contributed by atoms with van der Waals surface area (Å²) in [6, 6.07) is 20.9. The number of hydrogen-bond donors (Lipinski definition) is 1. The average molecular weight is 598 g/mol. The molecule has 1 N–H and O–H groups in total. The van der Waals surface area contributed by atoms with Gasteiger partial charge in [0.05, 0.1) is 32.5 Å². The first-order chi connectivity index (χ1) is 18.9. The van der Waals surface area contributed by atoms with E-state index in [0.717, 1.165) is 47.4 Å². The van der Waals surface area contributed by atoms with Crippen molar-refractivity contribution >= 4 is 63.5 Å². The summed E-state index contributed by atoms with van der Waals surface area (Å²) < 4.78 is 6.45. The fourth-order valence-electron chi connectivity index (χ4n) is 5.39. The Labute approximate surface area is 248 Å². The van der Waals surface area contributed by atoms with Crippen molar-refractivity contribution in [2.75, 3.05) is 22.9 Å². The number of thiocarbonyl (C=S) groups is 1. The van der Waals surface area contributed by atoms with Crippen molar-refractivity contribution < 1.29 is 4.42 Å². The molecular weight excluding hydrogens is 571 g/mol. The third-order valence-electron chi connectivity index (χ3n) is 7.55. The lowest BCUT2D eigenvalue weighted by Crippen LogP contribution is -2.33. The third-order valence-corrected chi connectivity index (χ3v) is 8.91. The molecule has 2 aliphatic heterocycles. The van der Waals surface area contributed by atoms with E-state index in [-0.39, 0.29) is 12.1 Å². The molecule has 2 aliphatic rings. The standard InChI is InChI=1S/C30H27Cl3N4OS/c1-18-11-14-36(15-12-18)25-8-6-20(17-23(25)33)37-29(28(35-30(37)39)24-4-2-3-13-34-24)27-10-9-26(38-27)19-5-7-21(31)22(32)16-19/h2-10,13,16-18,28-29H,11-12,14-15H2,1H3,(H,35,39)/t28-,29-/m1/s1. The molecule has 0 spiro atoms. The normalized spacial score (nSPS) is 19.9. The van der Waals surface area contributed by atoms with Crippen LogP contribution in [0.5, 0.6) is 0 Å². The number of hydrogen-bond acceptors (Lipinski definition) is 4. The van der Waals surface area contributed by atoms with Gasteiger partial charge in [-0.2, -0.15) is 0 Å². The van der Waals surface area contributed by atoms with Crippen LogP contribution in [0.15, 0.2) is 77.3 Å². The molecule has 39 heavy (non-hydrogen) atoms. The Morgan fingerprint density at radius 1 is 0.923 bits per heavy atom. The second-order valence-corrected chi connectivity index (χ2v) is 11.7. The summed E-state index contributed by atoms with van der Waals surface area (Å²) in [7, 11) is 0. The summed E-state index contributed by atoms with van der Waals surface area (Å²) in [4.78, 5) is 9.07. The molecule has 0 saturated carbocycles. The number of aromatic nitrogens is 1. The Morgan fingerprint density at radius 2 is 1.74 bits per heavy atom. The van der Waals surface area contributed by atoms with Gasteiger partial charge in [0.2, 0.25) is 0 Å². The molecule has 2 aromatic heterocycles. The first-order valence-corrected chi connectivity index (χ1v) is 14.5. The number of piperidine rings is 1. The number of anilines is 2. The summed E-state index contributed by atoms with van der Waals surface area (Å²) in [5.74, 6) is 2.18. The van der Waals surface area contributed by atoms with E-state index in [1.165, 1.54) is 12.8 Å². The van der Waals surface area contributed by atoms with Crippen molar-refractivity contribution in [3.63, 3.8) is 0 Å². The van der Waals surface area contributed by atoms with Gasteiger partial charge in [0.15, 0.2) is 5.11 Å². The largest absolute Gasteiger partial charge is 0.459 e. The second-order valence-electron chi connectivity index (χ2n) is 10.1. The van der Waals surface area contributed by atoms with Gasteiger partial charge in [-0.15, -0.1) is 0 Å². The van der Waals surface area contributed by atoms with E-state index >= 15 is 0 Å². The van der Waals surface area contributed by atoms with Crippen molar-refractivity contribution in [3.8, 4) is 11.3 Å². The highest BCUT2D eigenvalue weighted by atomic mass is 35.5. The van der Waals surface area contributed by atoms with Crippen molar-refractivity contribution in [1.82, 2.24) is 10.3 Å². The molecule has 0 unspecified atom stereocenters. The van der Waals surface area contributed by atoms with Gasteiger partial charge >= 0.3 is 0 Å². The first kappa shape index (κ1) is 26.5. The van der Waals surface area contributed by atoms with Crippen LogP contribution in [-0.4, -0.2) is 23.2 Å². The summed E-state index contributed by atoms with van der Waals surface area (Å²) in [6.45, 7) is 4.33. The lowest BCUT2D eigenvalue weighted by Gasteiger charge is -2.33. The predicted octanol–water partition coefficient (Wildman–Crippen LogP) is 8.72. The zero-order valence-electron chi connectivity index (χ0n) is 21.3. The Bertz CT molecular complexity index is 1500. The number of nitrogens with zero attached hydrogens (tertiary/aromatic N) is 3. The molecule has 4 heterocycles. The van der Waals surface area contributed by atoms with Crippen LogP contribution >= 0.6 is 47.0 Å². The molecule has 0 aliphatic carbocycles. The summed E-state index contributed by atoms with van der Waals surface area (Å²) in [5.41, 5.74) is 3.66. The highest BCUT2D eigenvalue weighted by Crippen LogP contribution is 2.44. The van der Waals surface area contributed by atoms with E-state index < -0.39 is 0 Å². The van der Waals surface area contributed by atoms with E-state index in [4.69, 9.17) is 51.4 Å². The van der Waals surface area contributed by atoms with E-state index in [9.17, 15) is 0 Å². The van der Waals surface area contributed by atoms with Crippen LogP contribution in [0, 0.1) is 5.92 Å². The van der Waals surface area contributed by atoms with Crippen LogP contribution < -0.4 is 15.1 Å². The highest BCUT2D eigenvalue weighted by Gasteiger charge is 2.42. The van der Waals surface area contributed by atoms with Crippen LogP contribution in [0.25, 0.3) is 11.3 Å². The number of benzene rings is 2. The Kier molecular flexibility index (Phi) is 7.47. The maximum absolute atomic E-state index is 6.89. The topological polar surface area (TPSA) is 44.5 Å². The van der Waals surface area contributed by atoms with E-state index in [1.54, 1.807) is 18.3 Å². The molecule has 200 valence electrons. The van der Waals surface area contributed by atoms with Crippen LogP contribution in [0.4, 0.5) is 11.4 Å². The first-order valence-electron chi connectivity index (χ1n) is 13.0. The molecule has 4 aromatic rings. The lowest BCUT2D eigenvalue weighted by molar-refractivity contribution is 0.438. The van der Waals surface area contributed by atoms with Crippen LogP contribution in [0.2, 0.25) is 15.1 Å². The van der Waals surface area contributed by atoms with Crippen LogP contribution in [0.1, 0.15) is 43.3 Å². The number of halogens is 3. The minimum absolute atomic E-state index is 0.228. The van der Waals surface area contributed by atoms with Crippen molar-refractivity contribution in [3.05, 3.63) is 99.4 Å². The summed E-state index contributed by atoms with van der Waals surface area (Å²) in [6.07, 6.45) is 4.13. The minimum atomic E-state index is -0.290. The van der Waals surface area contributed by atoms with Crippen molar-refractivity contribution in [1.29, 1.82) is 0 Å². The smallest absolute Gasteiger partial charge is 0.174 e. The van der Waals surface area contributed by atoms with Crippen LogP contribution in [-0.2, 0) is 0 Å². The van der Waals surface area contributed by atoms with Crippen LogP contribution in [0.3, 0.4) is 0 Å². The molecule has 6 rings (SSSR count). The molecule has 0 bridgehead atoms. The highest BCUT2D eigenvalue weighted by molar-refractivity contribution is 7.80. The SMILES string of the molecule is CC1CCN(c2ccc(N3C(=S)N[C@H](c4ccccn4)[C@H]3c3ccc(-c4ccc(Cl)c(Cl)c4)o3)cc2Cl)CC1. The average Bonchev–Trinajstić information content (AvgIpc) is 3.56. The molecule has 2 atom stereocenters. The van der Waals surface area contributed by atoms with Gasteiger partial charge < -0.3 is 19.5 Å². The van der Waals surface area contributed by atoms with Gasteiger partial charge in [-0.1, -0.05) is 47.8 Å². The van der Waals surface area contributed by atoms with Gasteiger partial charge in [-0.05, 0) is 91.6 Å². The molecule has 0 amide bonds. The molecule has 5 nitrogen and oxygen atoms in total. The van der Waals surface area contributed by atoms with E-state index in [2.05, 4.69) is 39.2 Å². The van der Waals surface area contributed by atoms with E-state index in [0.29, 0.717) is 25.9 Å². The quantitative estimate of drug-likeness (QED) is 0.232. The Morgan fingerprint density at radius 3 is 2.46 bits per heavy atom. The molecule has 2 saturated heterocycles. The zero-order chi connectivity index (χ0) is 27.1. The molecule has 0 radical (unpaired) electrons. The van der Waals surface area contributed by atoms with Gasteiger partial charge in [0.25, 0.3) is 0 Å². The van der Waals surface area contributed by atoms with Crippen molar-refractivity contribution in [2.45, 2.75) is 31.8 Å². The molecule has 9 heteroatoms. The van der Waals surface area contributed by atoms with Gasteiger partial charge in [-0.3, -0.25) is 4.98 Å². The monoisotopic (exact) mass is 596 g/mol. The summed E-state index contributed by atoms with van der Waals surface area (Å²) >= 11 is 25.2. The molecular formula is C30H27Cl3N4OS. The number of pyridine rings is 1. The zero-order valence-corrected chi connectivity index (χ0v) is 24.4. The van der Waals surface area contributed by atoms with Gasteiger partial charge in [0.1, 0.15) is 17.6 Å². The number of nitrogens with one attached hydrogen (secondary N) is 1. The van der Waals surface area contributed by atoms with E-state index in [1.807, 2.05) is 42.5 Å².